The SMILES string of the molecule is NC(=O)C(Cc1ccccc1)NC(=O)c1cc(-c2ccccc2)c(N2CCOCC2)s1. The maximum Gasteiger partial charge on any atom is 0.262 e. The number of thiophene rings is 1. The van der Waals surface area contributed by atoms with Gasteiger partial charge in [-0.25, -0.2) is 0 Å². The maximum absolute atomic E-state index is 13.1. The van der Waals surface area contributed by atoms with E-state index in [-0.39, 0.29) is 5.91 Å². The van der Waals surface area contributed by atoms with Crippen molar-refractivity contribution in [2.24, 2.45) is 5.73 Å². The molecular weight excluding hydrogens is 410 g/mol. The zero-order valence-corrected chi connectivity index (χ0v) is 17.9. The second-order valence-electron chi connectivity index (χ2n) is 7.41. The molecule has 1 saturated heterocycles. The van der Waals surface area contributed by atoms with Gasteiger partial charge >= 0.3 is 0 Å². The molecule has 2 amide bonds. The molecule has 0 spiro atoms. The van der Waals surface area contributed by atoms with Crippen LogP contribution in [0.25, 0.3) is 11.1 Å². The average Bonchev–Trinajstić information content (AvgIpc) is 3.26. The van der Waals surface area contributed by atoms with Gasteiger partial charge in [0.05, 0.1) is 23.1 Å². The lowest BCUT2D eigenvalue weighted by Crippen LogP contribution is -2.45. The first-order valence-corrected chi connectivity index (χ1v) is 11.1. The summed E-state index contributed by atoms with van der Waals surface area (Å²) in [6, 6.07) is 20.7. The van der Waals surface area contributed by atoms with Crippen molar-refractivity contribution in [1.29, 1.82) is 0 Å². The Morgan fingerprint density at radius 3 is 2.32 bits per heavy atom. The Hall–Kier alpha value is -3.16. The zero-order valence-electron chi connectivity index (χ0n) is 17.1. The van der Waals surface area contributed by atoms with Crippen molar-refractivity contribution >= 4 is 28.2 Å². The largest absolute Gasteiger partial charge is 0.378 e. The van der Waals surface area contributed by atoms with Gasteiger partial charge in [-0.2, -0.15) is 0 Å². The molecule has 6 nitrogen and oxygen atoms in total. The molecule has 1 atom stereocenters. The second-order valence-corrected chi connectivity index (χ2v) is 8.44. The number of primary amides is 1. The third-order valence-electron chi connectivity index (χ3n) is 5.25. The second kappa shape index (κ2) is 9.76. The van der Waals surface area contributed by atoms with E-state index in [0.29, 0.717) is 24.5 Å². The number of amides is 2. The van der Waals surface area contributed by atoms with Crippen LogP contribution in [0.5, 0.6) is 0 Å². The Morgan fingerprint density at radius 1 is 1.03 bits per heavy atom. The third-order valence-corrected chi connectivity index (χ3v) is 6.45. The Labute approximate surface area is 185 Å². The number of hydrogen-bond donors (Lipinski definition) is 2. The van der Waals surface area contributed by atoms with E-state index in [2.05, 4.69) is 10.2 Å². The molecule has 7 heteroatoms. The molecule has 0 radical (unpaired) electrons. The number of benzene rings is 2. The summed E-state index contributed by atoms with van der Waals surface area (Å²) >= 11 is 1.44. The van der Waals surface area contributed by atoms with Crippen molar-refractivity contribution in [2.75, 3.05) is 31.2 Å². The molecule has 1 unspecified atom stereocenters. The number of nitrogens with one attached hydrogen (secondary N) is 1. The first kappa shape index (κ1) is 21.1. The monoisotopic (exact) mass is 435 g/mol. The summed E-state index contributed by atoms with van der Waals surface area (Å²) < 4.78 is 5.49. The van der Waals surface area contributed by atoms with Crippen molar-refractivity contribution < 1.29 is 14.3 Å². The minimum Gasteiger partial charge on any atom is -0.378 e. The molecule has 2 aromatic carbocycles. The normalized spacial score (nSPS) is 14.8. The summed E-state index contributed by atoms with van der Waals surface area (Å²) in [5, 5.41) is 3.87. The number of nitrogens with two attached hydrogens (primary N) is 1. The highest BCUT2D eigenvalue weighted by molar-refractivity contribution is 7.18. The zero-order chi connectivity index (χ0) is 21.6. The van der Waals surface area contributed by atoms with E-state index in [1.165, 1.54) is 11.3 Å². The van der Waals surface area contributed by atoms with Gasteiger partial charge in [-0.05, 0) is 17.2 Å². The Balaban J connectivity index is 1.59. The molecule has 0 saturated carbocycles. The van der Waals surface area contributed by atoms with Gasteiger partial charge in [0.25, 0.3) is 5.91 Å². The molecule has 1 aromatic heterocycles. The Kier molecular flexibility index (Phi) is 6.64. The summed E-state index contributed by atoms with van der Waals surface area (Å²) in [7, 11) is 0. The van der Waals surface area contributed by atoms with Crippen molar-refractivity contribution in [2.45, 2.75) is 12.5 Å². The van der Waals surface area contributed by atoms with Crippen LogP contribution in [0, 0.1) is 0 Å². The van der Waals surface area contributed by atoms with Gasteiger partial charge in [-0.1, -0.05) is 60.7 Å². The predicted molar refractivity (Wildman–Crippen MR) is 123 cm³/mol. The van der Waals surface area contributed by atoms with Gasteiger partial charge in [0.1, 0.15) is 6.04 Å². The van der Waals surface area contributed by atoms with Crippen LogP contribution in [0.2, 0.25) is 0 Å². The number of rotatable bonds is 7. The quantitative estimate of drug-likeness (QED) is 0.597. The van der Waals surface area contributed by atoms with Crippen molar-refractivity contribution in [3.63, 3.8) is 0 Å². The first-order chi connectivity index (χ1) is 15.1. The van der Waals surface area contributed by atoms with Gasteiger partial charge in [0.15, 0.2) is 0 Å². The van der Waals surface area contributed by atoms with E-state index in [1.54, 1.807) is 0 Å². The molecule has 1 aliphatic heterocycles. The lowest BCUT2D eigenvalue weighted by atomic mass is 10.1. The van der Waals surface area contributed by atoms with Crippen molar-refractivity contribution in [1.82, 2.24) is 5.32 Å². The standard InChI is InChI=1S/C24H25N3O3S/c25-22(28)20(15-17-7-3-1-4-8-17)26-23(29)21-16-19(18-9-5-2-6-10-18)24(31-21)27-11-13-30-14-12-27/h1-10,16,20H,11-15H2,(H2,25,28)(H,26,29). The lowest BCUT2D eigenvalue weighted by Gasteiger charge is -2.28. The highest BCUT2D eigenvalue weighted by Gasteiger charge is 2.24. The number of nitrogens with zero attached hydrogens (tertiary/aromatic N) is 1. The van der Waals surface area contributed by atoms with Crippen LogP contribution in [0.4, 0.5) is 5.00 Å². The van der Waals surface area contributed by atoms with Crippen molar-refractivity contribution in [3.05, 3.63) is 77.2 Å². The van der Waals surface area contributed by atoms with Crippen LogP contribution in [0.3, 0.4) is 0 Å². The van der Waals surface area contributed by atoms with E-state index in [9.17, 15) is 9.59 Å². The van der Waals surface area contributed by atoms with E-state index in [4.69, 9.17) is 10.5 Å². The fourth-order valence-electron chi connectivity index (χ4n) is 3.62. The summed E-state index contributed by atoms with van der Waals surface area (Å²) in [6.07, 6.45) is 0.356. The van der Waals surface area contributed by atoms with Crippen LogP contribution in [0.1, 0.15) is 15.2 Å². The van der Waals surface area contributed by atoms with E-state index < -0.39 is 11.9 Å². The van der Waals surface area contributed by atoms with E-state index >= 15 is 0 Å². The summed E-state index contributed by atoms with van der Waals surface area (Å²) in [5.74, 6) is -0.841. The number of morpholine rings is 1. The molecular formula is C24H25N3O3S. The highest BCUT2D eigenvalue weighted by Crippen LogP contribution is 2.39. The van der Waals surface area contributed by atoms with Gasteiger partial charge in [-0.3, -0.25) is 9.59 Å². The number of carbonyl (C=O) groups is 2. The van der Waals surface area contributed by atoms with Crippen LogP contribution < -0.4 is 16.0 Å². The summed E-state index contributed by atoms with van der Waals surface area (Å²) in [4.78, 5) is 27.9. The molecule has 1 aliphatic rings. The Morgan fingerprint density at radius 2 is 1.68 bits per heavy atom. The van der Waals surface area contributed by atoms with Gasteiger partial charge in [0.2, 0.25) is 5.91 Å². The van der Waals surface area contributed by atoms with Crippen LogP contribution in [-0.4, -0.2) is 44.2 Å². The molecule has 3 aromatic rings. The Bertz CT molecular complexity index is 1030. The molecule has 4 rings (SSSR count). The fraction of sp³-hybridized carbons (Fsp3) is 0.250. The molecule has 3 N–H and O–H groups in total. The van der Waals surface area contributed by atoms with Crippen molar-refractivity contribution in [3.8, 4) is 11.1 Å². The maximum atomic E-state index is 13.1. The number of anilines is 1. The van der Waals surface area contributed by atoms with Gasteiger partial charge in [-0.15, -0.1) is 11.3 Å². The average molecular weight is 436 g/mol. The summed E-state index contributed by atoms with van der Waals surface area (Å²) in [5.41, 5.74) is 8.58. The molecule has 0 aliphatic carbocycles. The summed E-state index contributed by atoms with van der Waals surface area (Å²) in [6.45, 7) is 2.88. The molecule has 2 heterocycles. The molecule has 160 valence electrons. The smallest absolute Gasteiger partial charge is 0.262 e. The van der Waals surface area contributed by atoms with E-state index in [0.717, 1.165) is 34.8 Å². The molecule has 0 bridgehead atoms. The minimum atomic E-state index is -0.774. The number of carbonyl (C=O) groups excluding carboxylic acids is 2. The van der Waals surface area contributed by atoms with Crippen LogP contribution in [-0.2, 0) is 16.0 Å². The van der Waals surface area contributed by atoms with Crippen LogP contribution >= 0.6 is 11.3 Å². The highest BCUT2D eigenvalue weighted by atomic mass is 32.1. The van der Waals surface area contributed by atoms with Gasteiger partial charge in [0, 0.05) is 25.1 Å². The molecule has 1 fully saturated rings. The predicted octanol–water partition coefficient (Wildman–Crippen LogP) is 3.08. The van der Waals surface area contributed by atoms with E-state index in [1.807, 2.05) is 66.7 Å². The van der Waals surface area contributed by atoms with Gasteiger partial charge < -0.3 is 20.7 Å². The lowest BCUT2D eigenvalue weighted by molar-refractivity contribution is -0.119. The number of hydrogen-bond acceptors (Lipinski definition) is 5. The fourth-order valence-corrected chi connectivity index (χ4v) is 4.76. The number of ether oxygens (including phenoxy) is 1. The topological polar surface area (TPSA) is 84.7 Å². The minimum absolute atomic E-state index is 0.290. The molecule has 31 heavy (non-hydrogen) atoms. The van der Waals surface area contributed by atoms with Crippen LogP contribution in [0.15, 0.2) is 66.7 Å². The first-order valence-electron chi connectivity index (χ1n) is 10.3. The third kappa shape index (κ3) is 5.13.